The molecular formula is C33H31N7O. The predicted molar refractivity (Wildman–Crippen MR) is 160 cm³/mol. The second kappa shape index (κ2) is 9.52. The molecule has 1 fully saturated rings. The molecule has 0 N–H and O–H groups in total. The van der Waals surface area contributed by atoms with E-state index >= 15 is 0 Å². The van der Waals surface area contributed by atoms with Gasteiger partial charge in [0.25, 0.3) is 0 Å². The third-order valence-electron chi connectivity index (χ3n) is 8.58. The zero-order chi connectivity index (χ0) is 27.5. The summed E-state index contributed by atoms with van der Waals surface area (Å²) in [6, 6.07) is 21.3. The van der Waals surface area contributed by atoms with Crippen LogP contribution in [0.4, 0.5) is 0 Å². The molecule has 41 heavy (non-hydrogen) atoms. The van der Waals surface area contributed by atoms with Crippen LogP contribution in [0.5, 0.6) is 0 Å². The van der Waals surface area contributed by atoms with Crippen LogP contribution < -0.4 is 0 Å². The average molecular weight is 542 g/mol. The number of benzene rings is 3. The van der Waals surface area contributed by atoms with Crippen LogP contribution >= 0.6 is 0 Å². The van der Waals surface area contributed by atoms with Crippen LogP contribution in [0.2, 0.25) is 0 Å². The highest BCUT2D eigenvalue weighted by Crippen LogP contribution is 2.33. The molecule has 5 heterocycles. The van der Waals surface area contributed by atoms with Gasteiger partial charge in [-0.05, 0) is 60.8 Å². The summed E-state index contributed by atoms with van der Waals surface area (Å²) in [5.74, 6) is 1.54. The van der Waals surface area contributed by atoms with Crippen LogP contribution in [0.1, 0.15) is 46.9 Å². The Hall–Kier alpha value is -4.56. The minimum Gasteiger partial charge on any atom is -0.420 e. The second-order valence-corrected chi connectivity index (χ2v) is 11.4. The summed E-state index contributed by atoms with van der Waals surface area (Å²) in [6.07, 6.45) is 6.48. The van der Waals surface area contributed by atoms with E-state index < -0.39 is 0 Å². The van der Waals surface area contributed by atoms with E-state index in [-0.39, 0.29) is 5.92 Å². The van der Waals surface area contributed by atoms with E-state index in [1.54, 1.807) is 0 Å². The fourth-order valence-corrected chi connectivity index (χ4v) is 6.57. The van der Waals surface area contributed by atoms with Crippen molar-refractivity contribution in [2.24, 2.45) is 19.1 Å². The van der Waals surface area contributed by atoms with Crippen molar-refractivity contribution in [3.63, 3.8) is 0 Å². The number of fused-ring (bicyclic) bond motifs is 3. The summed E-state index contributed by atoms with van der Waals surface area (Å²) in [5, 5.41) is 16.0. The van der Waals surface area contributed by atoms with E-state index in [0.29, 0.717) is 12.4 Å². The van der Waals surface area contributed by atoms with Crippen LogP contribution in [-0.4, -0.2) is 48.2 Å². The summed E-state index contributed by atoms with van der Waals surface area (Å²) in [5.41, 5.74) is 9.01. The highest BCUT2D eigenvalue weighted by molar-refractivity contribution is 6.16. The Morgan fingerprint density at radius 2 is 1.85 bits per heavy atom. The van der Waals surface area contributed by atoms with Gasteiger partial charge in [-0.3, -0.25) is 14.6 Å². The fourth-order valence-electron chi connectivity index (χ4n) is 6.57. The Labute approximate surface area is 237 Å². The molecule has 8 heteroatoms. The number of likely N-dealkylation sites (tertiary alicyclic amines) is 1. The molecule has 2 aliphatic heterocycles. The lowest BCUT2D eigenvalue weighted by Gasteiger charge is -2.30. The van der Waals surface area contributed by atoms with Gasteiger partial charge in [-0.1, -0.05) is 30.3 Å². The highest BCUT2D eigenvalue weighted by Gasteiger charge is 2.27. The maximum Gasteiger partial charge on any atom is 0.247 e. The first kappa shape index (κ1) is 24.3. The topological polar surface area (TPSA) is 77.3 Å². The van der Waals surface area contributed by atoms with Gasteiger partial charge in [0.1, 0.15) is 0 Å². The predicted octanol–water partition coefficient (Wildman–Crippen LogP) is 5.85. The van der Waals surface area contributed by atoms with Crippen molar-refractivity contribution >= 4 is 27.5 Å². The minimum absolute atomic E-state index is 0.234. The monoisotopic (exact) mass is 541 g/mol. The number of nitrogens with zero attached hydrogens (tertiary/aromatic N) is 7. The van der Waals surface area contributed by atoms with E-state index in [9.17, 15) is 0 Å². The Morgan fingerprint density at radius 1 is 0.951 bits per heavy atom. The summed E-state index contributed by atoms with van der Waals surface area (Å²) in [4.78, 5) is 7.40. The molecule has 0 unspecified atom stereocenters. The lowest BCUT2D eigenvalue weighted by molar-refractivity contribution is 0.187. The SMILES string of the molecule is Cn1cc2cc(C3=NCc4ccc(-c5nnc([C@@H]6CCCN(Cc7cn(C)c8ccccc78)C6)o5)cc43)ccc2n1. The number of aryl methyl sites for hydroxylation is 2. The molecule has 1 saturated heterocycles. The number of rotatable bonds is 5. The highest BCUT2D eigenvalue weighted by atomic mass is 16.4. The minimum atomic E-state index is 0.234. The fraction of sp³-hybridized carbons (Fsp3) is 0.273. The molecule has 8 rings (SSSR count). The van der Waals surface area contributed by atoms with E-state index in [1.165, 1.54) is 22.0 Å². The largest absolute Gasteiger partial charge is 0.420 e. The van der Waals surface area contributed by atoms with Crippen LogP contribution in [0.3, 0.4) is 0 Å². The number of para-hydroxylation sites is 1. The maximum atomic E-state index is 6.34. The number of hydrogen-bond acceptors (Lipinski definition) is 6. The van der Waals surface area contributed by atoms with Gasteiger partial charge < -0.3 is 8.98 Å². The first-order valence-electron chi connectivity index (χ1n) is 14.3. The van der Waals surface area contributed by atoms with Gasteiger partial charge in [-0.15, -0.1) is 10.2 Å². The van der Waals surface area contributed by atoms with Crippen LogP contribution in [-0.2, 0) is 27.2 Å². The van der Waals surface area contributed by atoms with Crippen molar-refractivity contribution in [3.8, 4) is 11.5 Å². The van der Waals surface area contributed by atoms with Gasteiger partial charge in [0, 0.05) is 72.6 Å². The van der Waals surface area contributed by atoms with Gasteiger partial charge in [-0.2, -0.15) is 5.10 Å². The normalized spacial score (nSPS) is 17.4. The van der Waals surface area contributed by atoms with Gasteiger partial charge in [0.2, 0.25) is 11.8 Å². The van der Waals surface area contributed by atoms with Gasteiger partial charge in [0.05, 0.1) is 23.7 Å². The van der Waals surface area contributed by atoms with Crippen molar-refractivity contribution in [1.82, 2.24) is 29.4 Å². The molecule has 8 nitrogen and oxygen atoms in total. The van der Waals surface area contributed by atoms with E-state index in [2.05, 4.69) is 98.7 Å². The molecule has 3 aromatic carbocycles. The first-order chi connectivity index (χ1) is 20.1. The van der Waals surface area contributed by atoms with Crippen LogP contribution in [0, 0.1) is 0 Å². The summed E-state index contributed by atoms with van der Waals surface area (Å²) in [7, 11) is 4.07. The molecule has 0 spiro atoms. The van der Waals surface area contributed by atoms with E-state index in [0.717, 1.165) is 71.7 Å². The molecule has 3 aromatic heterocycles. The van der Waals surface area contributed by atoms with Crippen molar-refractivity contribution in [3.05, 3.63) is 101 Å². The molecule has 204 valence electrons. The second-order valence-electron chi connectivity index (χ2n) is 11.4. The molecule has 0 radical (unpaired) electrons. The lowest BCUT2D eigenvalue weighted by atomic mass is 9.97. The Balaban J connectivity index is 1.02. The molecule has 0 bridgehead atoms. The molecule has 2 aliphatic rings. The summed E-state index contributed by atoms with van der Waals surface area (Å²) in [6.45, 7) is 3.61. The first-order valence-corrected chi connectivity index (χ1v) is 14.3. The molecule has 0 aliphatic carbocycles. The lowest BCUT2D eigenvalue weighted by Crippen LogP contribution is -2.34. The van der Waals surface area contributed by atoms with E-state index in [1.807, 2.05) is 17.9 Å². The standard InChI is InChI=1S/C33H31N7O/c1-38-17-26(27-7-3-4-8-30(27)38)20-40-13-5-6-24(19-40)33-36-35-32(41-33)22-9-10-23-16-34-31(28(23)15-22)21-11-12-29-25(14-21)18-39(2)37-29/h3-4,7-12,14-15,17-18,24H,5-6,13,16,19-20H2,1-2H3/t24-/m1/s1. The molecule has 1 atom stereocenters. The van der Waals surface area contributed by atoms with Crippen molar-refractivity contribution in [2.75, 3.05) is 13.1 Å². The number of piperidine rings is 1. The maximum absolute atomic E-state index is 6.34. The van der Waals surface area contributed by atoms with Crippen LogP contribution in [0.25, 0.3) is 33.3 Å². The van der Waals surface area contributed by atoms with Crippen molar-refractivity contribution in [1.29, 1.82) is 0 Å². The Kier molecular flexibility index (Phi) is 5.63. The van der Waals surface area contributed by atoms with Crippen molar-refractivity contribution in [2.45, 2.75) is 31.8 Å². The average Bonchev–Trinajstić information content (AvgIpc) is 3.78. The Bertz CT molecular complexity index is 1960. The summed E-state index contributed by atoms with van der Waals surface area (Å²) < 4.78 is 10.4. The molecule has 6 aromatic rings. The van der Waals surface area contributed by atoms with Crippen molar-refractivity contribution < 1.29 is 4.42 Å². The summed E-state index contributed by atoms with van der Waals surface area (Å²) >= 11 is 0. The Morgan fingerprint density at radius 3 is 2.80 bits per heavy atom. The number of hydrogen-bond donors (Lipinski definition) is 0. The van der Waals surface area contributed by atoms with Gasteiger partial charge in [0.15, 0.2) is 0 Å². The molecule has 0 saturated carbocycles. The third kappa shape index (κ3) is 4.26. The molecular weight excluding hydrogens is 510 g/mol. The zero-order valence-electron chi connectivity index (χ0n) is 23.3. The van der Waals surface area contributed by atoms with E-state index in [4.69, 9.17) is 9.41 Å². The van der Waals surface area contributed by atoms with Gasteiger partial charge in [-0.25, -0.2) is 0 Å². The molecule has 0 amide bonds. The zero-order valence-corrected chi connectivity index (χ0v) is 23.3. The quantitative estimate of drug-likeness (QED) is 0.274. The third-order valence-corrected chi connectivity index (χ3v) is 8.58. The smallest absolute Gasteiger partial charge is 0.247 e. The van der Waals surface area contributed by atoms with Gasteiger partial charge >= 0.3 is 0 Å². The number of aromatic nitrogens is 5. The van der Waals surface area contributed by atoms with Crippen LogP contribution in [0.15, 0.2) is 82.5 Å². The number of aliphatic imine (C=N–C) groups is 1.